The lowest BCUT2D eigenvalue weighted by Crippen LogP contribution is -2.47. The van der Waals surface area contributed by atoms with Crippen LogP contribution in [0.1, 0.15) is 35.3 Å². The Kier molecular flexibility index (Phi) is 7.32. The summed E-state index contributed by atoms with van der Waals surface area (Å²) in [5, 5.41) is 8.23. The topological polar surface area (TPSA) is 87.3 Å². The zero-order valence-corrected chi connectivity index (χ0v) is 16.7. The van der Waals surface area contributed by atoms with Gasteiger partial charge in [0, 0.05) is 18.3 Å². The minimum atomic E-state index is -0.668. The molecule has 0 aliphatic rings. The van der Waals surface area contributed by atoms with Gasteiger partial charge >= 0.3 is 0 Å². The molecule has 1 unspecified atom stereocenters. The Bertz CT molecular complexity index is 844. The zero-order valence-electron chi connectivity index (χ0n) is 16.7. The van der Waals surface area contributed by atoms with Crippen molar-refractivity contribution in [2.75, 3.05) is 12.4 Å². The van der Waals surface area contributed by atoms with E-state index in [2.05, 4.69) is 16.0 Å². The number of amides is 3. The maximum Gasteiger partial charge on any atom is 0.251 e. The van der Waals surface area contributed by atoms with E-state index in [-0.39, 0.29) is 30.1 Å². The van der Waals surface area contributed by atoms with Crippen molar-refractivity contribution in [3.05, 3.63) is 65.2 Å². The molecule has 0 bridgehead atoms. The number of anilines is 1. The molecule has 3 amide bonds. The van der Waals surface area contributed by atoms with E-state index >= 15 is 0 Å². The summed E-state index contributed by atoms with van der Waals surface area (Å²) in [6.45, 7) is 5.68. The van der Waals surface area contributed by atoms with Crippen molar-refractivity contribution in [1.29, 1.82) is 0 Å². The van der Waals surface area contributed by atoms with Gasteiger partial charge in [-0.05, 0) is 42.7 Å². The van der Waals surface area contributed by atoms with Crippen molar-refractivity contribution in [2.45, 2.75) is 33.2 Å². The van der Waals surface area contributed by atoms with Crippen LogP contribution in [-0.4, -0.2) is 30.8 Å². The minimum absolute atomic E-state index is 0.0736. The van der Waals surface area contributed by atoms with Crippen LogP contribution >= 0.6 is 0 Å². The largest absolute Gasteiger partial charge is 0.359 e. The SMILES string of the molecule is CNC(=O)Cc1ccc(NC(=O)C(NC(=O)c2cccc(C)c2)C(C)C)cc1. The first-order valence-corrected chi connectivity index (χ1v) is 9.28. The first-order chi connectivity index (χ1) is 13.3. The molecule has 0 fully saturated rings. The third kappa shape index (κ3) is 5.94. The molecule has 1 atom stereocenters. The van der Waals surface area contributed by atoms with Gasteiger partial charge in [-0.15, -0.1) is 0 Å². The molecule has 0 saturated heterocycles. The van der Waals surface area contributed by atoms with E-state index in [4.69, 9.17) is 0 Å². The molecule has 0 spiro atoms. The average Bonchev–Trinajstić information content (AvgIpc) is 2.66. The molecule has 148 valence electrons. The van der Waals surface area contributed by atoms with Crippen molar-refractivity contribution < 1.29 is 14.4 Å². The predicted molar refractivity (Wildman–Crippen MR) is 110 cm³/mol. The third-order valence-electron chi connectivity index (χ3n) is 4.38. The predicted octanol–water partition coefficient (Wildman–Crippen LogP) is 2.68. The average molecular weight is 381 g/mol. The highest BCUT2D eigenvalue weighted by molar-refractivity contribution is 6.01. The summed E-state index contributed by atoms with van der Waals surface area (Å²) in [6, 6.07) is 13.6. The number of rotatable bonds is 7. The molecule has 0 radical (unpaired) electrons. The number of hydrogen-bond acceptors (Lipinski definition) is 3. The molecule has 0 aliphatic carbocycles. The number of nitrogens with one attached hydrogen (secondary N) is 3. The fourth-order valence-corrected chi connectivity index (χ4v) is 2.75. The van der Waals surface area contributed by atoms with Gasteiger partial charge in [-0.1, -0.05) is 43.7 Å². The number of benzene rings is 2. The zero-order chi connectivity index (χ0) is 20.7. The van der Waals surface area contributed by atoms with Gasteiger partial charge in [0.25, 0.3) is 5.91 Å². The molecular weight excluding hydrogens is 354 g/mol. The fraction of sp³-hybridized carbons (Fsp3) is 0.318. The highest BCUT2D eigenvalue weighted by Crippen LogP contribution is 2.13. The number of carbonyl (C=O) groups excluding carboxylic acids is 3. The molecule has 2 rings (SSSR count). The summed E-state index contributed by atoms with van der Waals surface area (Å²) in [6.07, 6.45) is 0.284. The van der Waals surface area contributed by atoms with E-state index in [0.717, 1.165) is 11.1 Å². The molecule has 6 heteroatoms. The monoisotopic (exact) mass is 381 g/mol. The van der Waals surface area contributed by atoms with Gasteiger partial charge in [0.1, 0.15) is 6.04 Å². The summed E-state index contributed by atoms with van der Waals surface area (Å²) in [5.41, 5.74) is 2.97. The second-order valence-electron chi connectivity index (χ2n) is 7.10. The van der Waals surface area contributed by atoms with Gasteiger partial charge in [-0.25, -0.2) is 0 Å². The van der Waals surface area contributed by atoms with Crippen LogP contribution in [0.15, 0.2) is 48.5 Å². The number of hydrogen-bond donors (Lipinski definition) is 3. The second-order valence-corrected chi connectivity index (χ2v) is 7.10. The highest BCUT2D eigenvalue weighted by atomic mass is 16.2. The van der Waals surface area contributed by atoms with Gasteiger partial charge in [0.15, 0.2) is 0 Å². The van der Waals surface area contributed by atoms with Crippen LogP contribution in [0, 0.1) is 12.8 Å². The fourth-order valence-electron chi connectivity index (χ4n) is 2.75. The van der Waals surface area contributed by atoms with Crippen molar-refractivity contribution in [3.63, 3.8) is 0 Å². The number of carbonyl (C=O) groups is 3. The molecule has 2 aromatic rings. The van der Waals surface area contributed by atoms with Crippen LogP contribution in [0.5, 0.6) is 0 Å². The van der Waals surface area contributed by atoms with Crippen LogP contribution in [0.25, 0.3) is 0 Å². The van der Waals surface area contributed by atoms with Crippen molar-refractivity contribution in [3.8, 4) is 0 Å². The standard InChI is InChI=1S/C22H27N3O3/c1-14(2)20(25-21(27)17-7-5-6-15(3)12-17)22(28)24-18-10-8-16(9-11-18)13-19(26)23-4/h5-12,14,20H,13H2,1-4H3,(H,23,26)(H,24,28)(H,25,27). The summed E-state index contributed by atoms with van der Waals surface area (Å²) >= 11 is 0. The molecule has 2 aromatic carbocycles. The van der Waals surface area contributed by atoms with Gasteiger partial charge in [-0.3, -0.25) is 14.4 Å². The third-order valence-corrected chi connectivity index (χ3v) is 4.38. The van der Waals surface area contributed by atoms with E-state index in [0.29, 0.717) is 11.3 Å². The maximum atomic E-state index is 12.7. The summed E-state index contributed by atoms with van der Waals surface area (Å²) in [5.74, 6) is -0.717. The highest BCUT2D eigenvalue weighted by Gasteiger charge is 2.24. The van der Waals surface area contributed by atoms with Crippen LogP contribution in [-0.2, 0) is 16.0 Å². The van der Waals surface area contributed by atoms with Crippen LogP contribution in [0.3, 0.4) is 0 Å². The lowest BCUT2D eigenvalue weighted by atomic mass is 10.0. The summed E-state index contributed by atoms with van der Waals surface area (Å²) in [7, 11) is 1.59. The second kappa shape index (κ2) is 9.69. The van der Waals surface area contributed by atoms with E-state index in [1.807, 2.05) is 32.9 Å². The molecule has 3 N–H and O–H groups in total. The van der Waals surface area contributed by atoms with E-state index in [1.165, 1.54) is 0 Å². The Balaban J connectivity index is 2.04. The Morgan fingerprint density at radius 3 is 2.25 bits per heavy atom. The Hall–Kier alpha value is -3.15. The van der Waals surface area contributed by atoms with Crippen LogP contribution in [0.4, 0.5) is 5.69 Å². The maximum absolute atomic E-state index is 12.7. The van der Waals surface area contributed by atoms with Gasteiger partial charge < -0.3 is 16.0 Å². The molecule has 0 saturated carbocycles. The lowest BCUT2D eigenvalue weighted by molar-refractivity contribution is -0.120. The van der Waals surface area contributed by atoms with E-state index in [9.17, 15) is 14.4 Å². The smallest absolute Gasteiger partial charge is 0.251 e. The van der Waals surface area contributed by atoms with Gasteiger partial charge in [0.05, 0.1) is 6.42 Å². The molecule has 0 aromatic heterocycles. The van der Waals surface area contributed by atoms with E-state index < -0.39 is 6.04 Å². The Labute approximate surface area is 165 Å². The first kappa shape index (κ1) is 21.2. The Morgan fingerprint density at radius 1 is 1.00 bits per heavy atom. The molecule has 6 nitrogen and oxygen atoms in total. The van der Waals surface area contributed by atoms with Crippen molar-refractivity contribution in [2.24, 2.45) is 5.92 Å². The lowest BCUT2D eigenvalue weighted by Gasteiger charge is -2.22. The molecular formula is C22H27N3O3. The Morgan fingerprint density at radius 2 is 1.68 bits per heavy atom. The number of likely N-dealkylation sites (N-methyl/N-ethyl adjacent to an activating group) is 1. The quantitative estimate of drug-likeness (QED) is 0.689. The van der Waals surface area contributed by atoms with Crippen molar-refractivity contribution >= 4 is 23.4 Å². The van der Waals surface area contributed by atoms with Crippen LogP contribution in [0.2, 0.25) is 0 Å². The van der Waals surface area contributed by atoms with E-state index in [1.54, 1.807) is 43.4 Å². The van der Waals surface area contributed by atoms with Crippen LogP contribution < -0.4 is 16.0 Å². The minimum Gasteiger partial charge on any atom is -0.359 e. The molecule has 0 aliphatic heterocycles. The summed E-state index contributed by atoms with van der Waals surface area (Å²) in [4.78, 5) is 36.7. The molecule has 0 heterocycles. The normalized spacial score (nSPS) is 11.6. The van der Waals surface area contributed by atoms with Gasteiger partial charge in [0.2, 0.25) is 11.8 Å². The first-order valence-electron chi connectivity index (χ1n) is 9.28. The van der Waals surface area contributed by atoms with Crippen molar-refractivity contribution in [1.82, 2.24) is 10.6 Å². The number of aryl methyl sites for hydroxylation is 1. The molecule has 28 heavy (non-hydrogen) atoms. The van der Waals surface area contributed by atoms with Gasteiger partial charge in [-0.2, -0.15) is 0 Å². The summed E-state index contributed by atoms with van der Waals surface area (Å²) < 4.78 is 0.